The lowest BCUT2D eigenvalue weighted by Crippen LogP contribution is -2.07. The summed E-state index contributed by atoms with van der Waals surface area (Å²) in [6, 6.07) is 20.6. The minimum atomic E-state index is 0.738. The first kappa shape index (κ1) is 36.5. The summed E-state index contributed by atoms with van der Waals surface area (Å²) < 4.78 is 0. The Kier molecular flexibility index (Phi) is 9.61. The van der Waals surface area contributed by atoms with Gasteiger partial charge < -0.3 is 0 Å². The van der Waals surface area contributed by atoms with Crippen LogP contribution in [0.2, 0.25) is 0 Å². The summed E-state index contributed by atoms with van der Waals surface area (Å²) in [7, 11) is 0. The van der Waals surface area contributed by atoms with Crippen molar-refractivity contribution in [3.8, 4) is 67.7 Å². The van der Waals surface area contributed by atoms with Crippen LogP contribution >= 0.6 is 0 Å². The van der Waals surface area contributed by atoms with E-state index in [9.17, 15) is 0 Å². The van der Waals surface area contributed by atoms with Gasteiger partial charge in [0.05, 0.1) is 28.5 Å². The molecule has 3 aromatic carbocycles. The van der Waals surface area contributed by atoms with Crippen molar-refractivity contribution in [2.75, 3.05) is 0 Å². The normalized spacial score (nSPS) is 11.3. The summed E-state index contributed by atoms with van der Waals surface area (Å²) in [6.07, 6.45) is 5.61. The Bertz CT molecular complexity index is 2200. The molecule has 7 aromatic rings. The SMILES string of the molecule is Cc1c(C)c(-c2cc(-c3c(C)c(C)c(-c4ccccn4)c(C)c3C)nc(-c3c(C)c(C)c(-c4ccccn4)c(C)c3C)n2)c(C)c(C)c1-c1ccccn1. The maximum atomic E-state index is 5.53. The Morgan fingerprint density at radius 3 is 0.759 bits per heavy atom. The first-order valence-electron chi connectivity index (χ1n) is 18.8. The van der Waals surface area contributed by atoms with E-state index in [0.29, 0.717) is 0 Å². The van der Waals surface area contributed by atoms with Crippen LogP contribution in [0.3, 0.4) is 0 Å². The van der Waals surface area contributed by atoms with Crippen molar-refractivity contribution in [2.24, 2.45) is 0 Å². The molecule has 54 heavy (non-hydrogen) atoms. The first-order valence-corrected chi connectivity index (χ1v) is 18.8. The summed E-state index contributed by atoms with van der Waals surface area (Å²) in [5.74, 6) is 0.738. The van der Waals surface area contributed by atoms with Gasteiger partial charge in [0.25, 0.3) is 0 Å². The number of rotatable bonds is 6. The van der Waals surface area contributed by atoms with E-state index in [0.717, 1.165) is 51.0 Å². The predicted molar refractivity (Wildman–Crippen MR) is 225 cm³/mol. The lowest BCUT2D eigenvalue weighted by Gasteiger charge is -2.24. The van der Waals surface area contributed by atoms with E-state index in [1.54, 1.807) is 0 Å². The zero-order valence-electron chi connectivity index (χ0n) is 33.7. The van der Waals surface area contributed by atoms with E-state index < -0.39 is 0 Å². The quantitative estimate of drug-likeness (QED) is 0.172. The van der Waals surface area contributed by atoms with Crippen molar-refractivity contribution in [2.45, 2.75) is 83.1 Å². The lowest BCUT2D eigenvalue weighted by atomic mass is 9.84. The van der Waals surface area contributed by atoms with Gasteiger partial charge in [0.15, 0.2) is 5.82 Å². The van der Waals surface area contributed by atoms with Gasteiger partial charge in [0.1, 0.15) is 0 Å². The summed E-state index contributed by atoms with van der Waals surface area (Å²) >= 11 is 0. The van der Waals surface area contributed by atoms with Crippen molar-refractivity contribution in [1.82, 2.24) is 24.9 Å². The van der Waals surface area contributed by atoms with Gasteiger partial charge in [-0.1, -0.05) is 18.2 Å². The van der Waals surface area contributed by atoms with Gasteiger partial charge in [0, 0.05) is 52.0 Å². The minimum absolute atomic E-state index is 0.738. The van der Waals surface area contributed by atoms with E-state index >= 15 is 0 Å². The van der Waals surface area contributed by atoms with Crippen molar-refractivity contribution >= 4 is 0 Å². The number of benzene rings is 3. The van der Waals surface area contributed by atoms with Crippen molar-refractivity contribution < 1.29 is 0 Å². The average Bonchev–Trinajstić information content (AvgIpc) is 3.17. The van der Waals surface area contributed by atoms with Crippen LogP contribution in [0, 0.1) is 83.1 Å². The fraction of sp³-hybridized carbons (Fsp3) is 0.245. The van der Waals surface area contributed by atoms with Crippen LogP contribution in [0.25, 0.3) is 67.7 Å². The topological polar surface area (TPSA) is 64.5 Å². The van der Waals surface area contributed by atoms with Crippen LogP contribution in [0.15, 0.2) is 79.3 Å². The lowest BCUT2D eigenvalue weighted by molar-refractivity contribution is 1.12. The maximum absolute atomic E-state index is 5.53. The third-order valence-electron chi connectivity index (χ3n) is 12.1. The van der Waals surface area contributed by atoms with Gasteiger partial charge in [0.2, 0.25) is 0 Å². The molecule has 270 valence electrons. The van der Waals surface area contributed by atoms with E-state index in [4.69, 9.17) is 24.9 Å². The molecule has 4 heterocycles. The molecular weight excluding hydrogens is 659 g/mol. The van der Waals surface area contributed by atoms with Crippen LogP contribution in [-0.2, 0) is 0 Å². The fourth-order valence-corrected chi connectivity index (χ4v) is 8.54. The van der Waals surface area contributed by atoms with E-state index in [2.05, 4.69) is 126 Å². The molecule has 7 rings (SSSR count). The summed E-state index contributed by atoms with van der Waals surface area (Å²) in [4.78, 5) is 25.3. The Morgan fingerprint density at radius 1 is 0.278 bits per heavy atom. The minimum Gasteiger partial charge on any atom is -0.256 e. The molecule has 4 aromatic heterocycles. The standard InChI is InChI=1S/C49H49N5/c1-26-30(5)46(31(6)27(2)43(26)38-19-13-16-22-50-38)41-25-42(47-32(7)28(3)44(29(4)33(47)8)39-20-14-17-23-51-39)54-49(53-41)48-36(11)34(9)45(35(10)37(48)12)40-21-15-18-24-52-40/h13-25H,1-12H3. The molecule has 0 unspecified atom stereocenters. The van der Waals surface area contributed by atoms with Crippen LogP contribution in [0.4, 0.5) is 0 Å². The molecule has 0 radical (unpaired) electrons. The number of hydrogen-bond acceptors (Lipinski definition) is 5. The van der Waals surface area contributed by atoms with Crippen molar-refractivity contribution in [1.29, 1.82) is 0 Å². The molecule has 0 saturated heterocycles. The third kappa shape index (κ3) is 5.92. The highest BCUT2D eigenvalue weighted by atomic mass is 14.9. The second-order valence-corrected chi connectivity index (χ2v) is 14.9. The summed E-state index contributed by atoms with van der Waals surface area (Å²) in [6.45, 7) is 26.6. The molecule has 0 aliphatic carbocycles. The Labute approximate surface area is 320 Å². The summed E-state index contributed by atoms with van der Waals surface area (Å²) in [5, 5.41) is 0. The zero-order valence-corrected chi connectivity index (χ0v) is 33.7. The van der Waals surface area contributed by atoms with Crippen LogP contribution < -0.4 is 0 Å². The highest BCUT2D eigenvalue weighted by Crippen LogP contribution is 2.44. The van der Waals surface area contributed by atoms with Crippen LogP contribution in [0.1, 0.15) is 66.8 Å². The Balaban J connectivity index is 1.56. The molecular formula is C49H49N5. The highest BCUT2D eigenvalue weighted by molar-refractivity contribution is 5.87. The second kappa shape index (κ2) is 14.2. The van der Waals surface area contributed by atoms with Gasteiger partial charge in [-0.05, 0) is 192 Å². The van der Waals surface area contributed by atoms with Crippen LogP contribution in [0.5, 0.6) is 0 Å². The molecule has 5 heteroatoms. The largest absolute Gasteiger partial charge is 0.256 e. The Hall–Kier alpha value is -5.81. The zero-order chi connectivity index (χ0) is 38.6. The number of pyridine rings is 3. The second-order valence-electron chi connectivity index (χ2n) is 14.9. The molecule has 0 atom stereocenters. The van der Waals surface area contributed by atoms with Crippen molar-refractivity contribution in [3.63, 3.8) is 0 Å². The highest BCUT2D eigenvalue weighted by Gasteiger charge is 2.26. The first-order chi connectivity index (χ1) is 25.8. The number of hydrogen-bond donors (Lipinski definition) is 0. The molecule has 0 bridgehead atoms. The number of nitrogens with zero attached hydrogens (tertiary/aromatic N) is 5. The third-order valence-corrected chi connectivity index (χ3v) is 12.1. The van der Waals surface area contributed by atoms with Gasteiger partial charge in [-0.15, -0.1) is 0 Å². The van der Waals surface area contributed by atoms with Gasteiger partial charge >= 0.3 is 0 Å². The molecule has 0 saturated carbocycles. The monoisotopic (exact) mass is 707 g/mol. The van der Waals surface area contributed by atoms with E-state index in [-0.39, 0.29) is 0 Å². The van der Waals surface area contributed by atoms with Gasteiger partial charge in [-0.25, -0.2) is 9.97 Å². The van der Waals surface area contributed by atoms with Gasteiger partial charge in [-0.3, -0.25) is 15.0 Å². The predicted octanol–water partition coefficient (Wildman–Crippen LogP) is 12.4. The molecule has 5 nitrogen and oxygen atoms in total. The molecule has 0 aliphatic rings. The smallest absolute Gasteiger partial charge is 0.160 e. The summed E-state index contributed by atoms with van der Waals surface area (Å²) in [5.41, 5.74) is 26.1. The maximum Gasteiger partial charge on any atom is 0.160 e. The number of aromatic nitrogens is 5. The fourth-order valence-electron chi connectivity index (χ4n) is 8.54. The molecule has 0 amide bonds. The average molecular weight is 708 g/mol. The van der Waals surface area contributed by atoms with E-state index in [1.807, 2.05) is 36.8 Å². The van der Waals surface area contributed by atoms with Crippen molar-refractivity contribution in [3.05, 3.63) is 146 Å². The molecule has 0 aliphatic heterocycles. The molecule has 0 fully saturated rings. The van der Waals surface area contributed by atoms with Gasteiger partial charge in [-0.2, -0.15) is 0 Å². The molecule has 0 N–H and O–H groups in total. The Morgan fingerprint density at radius 2 is 0.519 bits per heavy atom. The molecule has 0 spiro atoms. The van der Waals surface area contributed by atoms with Crippen LogP contribution in [-0.4, -0.2) is 24.9 Å². The van der Waals surface area contributed by atoms with E-state index in [1.165, 1.54) is 83.5 Å².